The van der Waals surface area contributed by atoms with E-state index < -0.39 is 23.4 Å². The van der Waals surface area contributed by atoms with Crippen molar-refractivity contribution in [3.8, 4) is 0 Å². The summed E-state index contributed by atoms with van der Waals surface area (Å²) in [6, 6.07) is 10.6. The highest BCUT2D eigenvalue weighted by molar-refractivity contribution is 5.91. The van der Waals surface area contributed by atoms with Crippen molar-refractivity contribution in [2.45, 2.75) is 6.54 Å². The van der Waals surface area contributed by atoms with Crippen LogP contribution in [0.25, 0.3) is 0 Å². The summed E-state index contributed by atoms with van der Waals surface area (Å²) in [5.41, 5.74) is 0.699. The van der Waals surface area contributed by atoms with Gasteiger partial charge in [0.05, 0.1) is 10.5 Å². The van der Waals surface area contributed by atoms with Crippen LogP contribution in [0.3, 0.4) is 0 Å². The highest BCUT2D eigenvalue weighted by Gasteiger charge is 2.15. The van der Waals surface area contributed by atoms with Gasteiger partial charge in [-0.15, -0.1) is 0 Å². The van der Waals surface area contributed by atoms with Crippen LogP contribution in [0.1, 0.15) is 15.9 Å². The molecule has 0 saturated carbocycles. The van der Waals surface area contributed by atoms with Gasteiger partial charge in [-0.1, -0.05) is 12.1 Å². The predicted molar refractivity (Wildman–Crippen MR) is 86.3 cm³/mol. The van der Waals surface area contributed by atoms with E-state index in [4.69, 9.17) is 4.74 Å². The fourth-order valence-electron chi connectivity index (χ4n) is 1.99. The van der Waals surface area contributed by atoms with Gasteiger partial charge in [-0.2, -0.15) is 0 Å². The standard InChI is InChI=1S/C17H15FN2O5/c1-19(10-12-2-6-14(18)7-3-12)16(21)11-25-17(22)13-4-8-15(9-5-13)20(23)24/h2-9H,10-11H2,1H3. The zero-order chi connectivity index (χ0) is 18.4. The number of carbonyl (C=O) groups excluding carboxylic acids is 2. The van der Waals surface area contributed by atoms with E-state index in [9.17, 15) is 24.1 Å². The minimum atomic E-state index is -0.751. The van der Waals surface area contributed by atoms with E-state index in [1.807, 2.05) is 0 Å². The van der Waals surface area contributed by atoms with E-state index in [2.05, 4.69) is 0 Å². The molecule has 130 valence electrons. The van der Waals surface area contributed by atoms with Gasteiger partial charge in [0.25, 0.3) is 11.6 Å². The van der Waals surface area contributed by atoms with Gasteiger partial charge >= 0.3 is 5.97 Å². The van der Waals surface area contributed by atoms with Crippen LogP contribution >= 0.6 is 0 Å². The van der Waals surface area contributed by atoms with Crippen LogP contribution in [0.5, 0.6) is 0 Å². The Morgan fingerprint density at radius 2 is 1.72 bits per heavy atom. The largest absolute Gasteiger partial charge is 0.452 e. The normalized spacial score (nSPS) is 10.2. The average Bonchev–Trinajstić information content (AvgIpc) is 2.61. The zero-order valence-electron chi connectivity index (χ0n) is 13.3. The van der Waals surface area contributed by atoms with Crippen LogP contribution in [0.4, 0.5) is 10.1 Å². The number of halogens is 1. The van der Waals surface area contributed by atoms with Gasteiger partial charge in [0.1, 0.15) is 5.82 Å². The molecule has 0 fully saturated rings. The molecule has 0 aliphatic carbocycles. The minimum absolute atomic E-state index is 0.111. The molecule has 0 radical (unpaired) electrons. The summed E-state index contributed by atoms with van der Waals surface area (Å²) in [5, 5.41) is 10.6. The molecular weight excluding hydrogens is 331 g/mol. The lowest BCUT2D eigenvalue weighted by molar-refractivity contribution is -0.384. The molecule has 0 spiro atoms. The van der Waals surface area contributed by atoms with E-state index in [-0.39, 0.29) is 23.6 Å². The molecule has 0 bridgehead atoms. The lowest BCUT2D eigenvalue weighted by Crippen LogP contribution is -2.30. The quantitative estimate of drug-likeness (QED) is 0.455. The highest BCUT2D eigenvalue weighted by atomic mass is 19.1. The van der Waals surface area contributed by atoms with Crippen molar-refractivity contribution in [2.24, 2.45) is 0 Å². The Kier molecular flexibility index (Phi) is 5.78. The number of nitro benzene ring substituents is 1. The molecule has 0 N–H and O–H groups in total. The summed E-state index contributed by atoms with van der Waals surface area (Å²) < 4.78 is 17.8. The fourth-order valence-corrected chi connectivity index (χ4v) is 1.99. The van der Waals surface area contributed by atoms with E-state index in [1.165, 1.54) is 48.3 Å². The maximum absolute atomic E-state index is 12.8. The first-order chi connectivity index (χ1) is 11.9. The molecular formula is C17H15FN2O5. The van der Waals surface area contributed by atoms with Crippen molar-refractivity contribution in [1.82, 2.24) is 4.90 Å². The molecule has 2 aromatic rings. The molecule has 0 heterocycles. The third kappa shape index (κ3) is 5.10. The van der Waals surface area contributed by atoms with Crippen molar-refractivity contribution in [3.05, 3.63) is 75.6 Å². The Labute approximate surface area is 142 Å². The Morgan fingerprint density at radius 3 is 2.28 bits per heavy atom. The number of benzene rings is 2. The Hall–Kier alpha value is -3.29. The van der Waals surface area contributed by atoms with Crippen molar-refractivity contribution >= 4 is 17.6 Å². The van der Waals surface area contributed by atoms with Crippen LogP contribution in [-0.2, 0) is 16.1 Å². The number of rotatable bonds is 6. The number of amides is 1. The van der Waals surface area contributed by atoms with Gasteiger partial charge in [0.2, 0.25) is 0 Å². The molecule has 25 heavy (non-hydrogen) atoms. The van der Waals surface area contributed by atoms with E-state index in [1.54, 1.807) is 12.1 Å². The number of likely N-dealkylation sites (N-methyl/N-ethyl adjacent to an activating group) is 1. The van der Waals surface area contributed by atoms with Gasteiger partial charge < -0.3 is 9.64 Å². The molecule has 0 aliphatic rings. The Bertz CT molecular complexity index is 775. The predicted octanol–water partition coefficient (Wildman–Crippen LogP) is 2.55. The number of carbonyl (C=O) groups is 2. The highest BCUT2D eigenvalue weighted by Crippen LogP contribution is 2.13. The third-order valence-electron chi connectivity index (χ3n) is 3.40. The lowest BCUT2D eigenvalue weighted by Gasteiger charge is -2.17. The molecule has 2 aromatic carbocycles. The molecule has 1 amide bonds. The first-order valence-corrected chi connectivity index (χ1v) is 7.27. The van der Waals surface area contributed by atoms with Gasteiger partial charge in [-0.05, 0) is 29.8 Å². The Morgan fingerprint density at radius 1 is 1.12 bits per heavy atom. The molecule has 0 unspecified atom stereocenters. The van der Waals surface area contributed by atoms with Gasteiger partial charge in [0, 0.05) is 25.7 Å². The van der Waals surface area contributed by atoms with Crippen molar-refractivity contribution in [2.75, 3.05) is 13.7 Å². The molecule has 2 rings (SSSR count). The minimum Gasteiger partial charge on any atom is -0.452 e. The second kappa shape index (κ2) is 8.00. The third-order valence-corrected chi connectivity index (χ3v) is 3.40. The number of ether oxygens (including phenoxy) is 1. The van der Waals surface area contributed by atoms with Crippen LogP contribution in [0.2, 0.25) is 0 Å². The summed E-state index contributed by atoms with van der Waals surface area (Å²) in [4.78, 5) is 35.1. The molecule has 0 saturated heterocycles. The SMILES string of the molecule is CN(Cc1ccc(F)cc1)C(=O)COC(=O)c1ccc([N+](=O)[O-])cc1. The summed E-state index contributed by atoms with van der Waals surface area (Å²) in [7, 11) is 1.53. The number of non-ortho nitro benzene ring substituents is 1. The van der Waals surface area contributed by atoms with Crippen LogP contribution in [-0.4, -0.2) is 35.4 Å². The molecule has 0 aliphatic heterocycles. The summed E-state index contributed by atoms with van der Waals surface area (Å²) >= 11 is 0. The lowest BCUT2D eigenvalue weighted by atomic mass is 10.2. The van der Waals surface area contributed by atoms with Gasteiger partial charge in [-0.3, -0.25) is 14.9 Å². The molecule has 8 heteroatoms. The van der Waals surface area contributed by atoms with E-state index in [0.717, 1.165) is 5.56 Å². The van der Waals surface area contributed by atoms with Crippen LogP contribution < -0.4 is 0 Å². The number of hydrogen-bond acceptors (Lipinski definition) is 5. The number of nitrogens with zero attached hydrogens (tertiary/aromatic N) is 2. The molecule has 0 aromatic heterocycles. The Balaban J connectivity index is 1.86. The van der Waals surface area contributed by atoms with E-state index in [0.29, 0.717) is 0 Å². The summed E-state index contributed by atoms with van der Waals surface area (Å²) in [5.74, 6) is -1.55. The number of hydrogen-bond donors (Lipinski definition) is 0. The monoisotopic (exact) mass is 346 g/mol. The smallest absolute Gasteiger partial charge is 0.338 e. The van der Waals surface area contributed by atoms with Crippen LogP contribution in [0, 0.1) is 15.9 Å². The van der Waals surface area contributed by atoms with Gasteiger partial charge in [0.15, 0.2) is 6.61 Å². The summed E-state index contributed by atoms with van der Waals surface area (Å²) in [6.45, 7) is -0.221. The van der Waals surface area contributed by atoms with Crippen molar-refractivity contribution in [3.63, 3.8) is 0 Å². The maximum Gasteiger partial charge on any atom is 0.338 e. The van der Waals surface area contributed by atoms with Crippen LogP contribution in [0.15, 0.2) is 48.5 Å². The second-order valence-electron chi connectivity index (χ2n) is 5.26. The second-order valence-corrected chi connectivity index (χ2v) is 5.26. The number of nitro groups is 1. The first-order valence-electron chi connectivity index (χ1n) is 7.27. The fraction of sp³-hybridized carbons (Fsp3) is 0.176. The molecule has 0 atom stereocenters. The zero-order valence-corrected chi connectivity index (χ0v) is 13.3. The van der Waals surface area contributed by atoms with Gasteiger partial charge in [-0.25, -0.2) is 9.18 Å². The van der Waals surface area contributed by atoms with E-state index >= 15 is 0 Å². The number of esters is 1. The first kappa shape index (κ1) is 18.1. The summed E-state index contributed by atoms with van der Waals surface area (Å²) in [6.07, 6.45) is 0. The van der Waals surface area contributed by atoms with Crippen molar-refractivity contribution in [1.29, 1.82) is 0 Å². The van der Waals surface area contributed by atoms with Crippen molar-refractivity contribution < 1.29 is 23.6 Å². The molecule has 7 nitrogen and oxygen atoms in total. The topological polar surface area (TPSA) is 89.8 Å². The average molecular weight is 346 g/mol. The maximum atomic E-state index is 12.8.